The highest BCUT2D eigenvalue weighted by atomic mass is 16.1. The summed E-state index contributed by atoms with van der Waals surface area (Å²) in [5, 5.41) is 1.91. The molecule has 3 aromatic rings. The first-order valence-corrected chi connectivity index (χ1v) is 6.96. The molecule has 1 heterocycles. The summed E-state index contributed by atoms with van der Waals surface area (Å²) in [5.74, 6) is 0.0212. The predicted molar refractivity (Wildman–Crippen MR) is 84.4 cm³/mol. The van der Waals surface area contributed by atoms with Gasteiger partial charge < -0.3 is 5.73 Å². The van der Waals surface area contributed by atoms with Gasteiger partial charge in [-0.15, -0.1) is 0 Å². The Bertz CT molecular complexity index is 773. The lowest BCUT2D eigenvalue weighted by atomic mass is 9.97. The molecule has 1 aromatic heterocycles. The first-order chi connectivity index (χ1) is 10.3. The van der Waals surface area contributed by atoms with Gasteiger partial charge in [0.25, 0.3) is 0 Å². The van der Waals surface area contributed by atoms with Gasteiger partial charge in [-0.05, 0) is 30.0 Å². The minimum absolute atomic E-state index is 0.0212. The molecule has 2 N–H and O–H groups in total. The van der Waals surface area contributed by atoms with Crippen LogP contribution in [0.4, 0.5) is 0 Å². The molecule has 0 saturated carbocycles. The van der Waals surface area contributed by atoms with Gasteiger partial charge >= 0.3 is 0 Å². The van der Waals surface area contributed by atoms with E-state index in [1.54, 1.807) is 12.4 Å². The van der Waals surface area contributed by atoms with Crippen LogP contribution < -0.4 is 5.73 Å². The average Bonchev–Trinajstić information content (AvgIpc) is 2.55. The van der Waals surface area contributed by atoms with Crippen molar-refractivity contribution < 1.29 is 4.79 Å². The van der Waals surface area contributed by atoms with Gasteiger partial charge in [0.2, 0.25) is 0 Å². The second kappa shape index (κ2) is 5.85. The van der Waals surface area contributed by atoms with E-state index in [1.165, 1.54) is 0 Å². The van der Waals surface area contributed by atoms with Crippen molar-refractivity contribution in [3.63, 3.8) is 0 Å². The van der Waals surface area contributed by atoms with E-state index in [9.17, 15) is 4.79 Å². The number of pyridine rings is 1. The smallest absolute Gasteiger partial charge is 0.193 e. The molecule has 0 radical (unpaired) electrons. The molecule has 0 bridgehead atoms. The molecular formula is C18H16N2O. The quantitative estimate of drug-likeness (QED) is 0.745. The Morgan fingerprint density at radius 1 is 1.05 bits per heavy atom. The molecule has 3 nitrogen and oxygen atoms in total. The number of nitrogens with two attached hydrogens (primary N) is 1. The van der Waals surface area contributed by atoms with E-state index in [-0.39, 0.29) is 5.78 Å². The molecule has 0 aliphatic rings. The number of carbonyl (C=O) groups excluding carboxylic acids is 1. The maximum Gasteiger partial charge on any atom is 0.193 e. The van der Waals surface area contributed by atoms with E-state index >= 15 is 0 Å². The lowest BCUT2D eigenvalue weighted by Gasteiger charge is -2.06. The number of rotatable bonds is 4. The van der Waals surface area contributed by atoms with Crippen molar-refractivity contribution in [3.05, 3.63) is 77.6 Å². The van der Waals surface area contributed by atoms with Gasteiger partial charge in [-0.1, -0.05) is 42.5 Å². The summed E-state index contributed by atoms with van der Waals surface area (Å²) in [6.45, 7) is 0.613. The van der Waals surface area contributed by atoms with Crippen LogP contribution in [-0.4, -0.2) is 17.3 Å². The molecule has 0 unspecified atom stereocenters. The van der Waals surface area contributed by atoms with E-state index < -0.39 is 0 Å². The number of hydrogen-bond acceptors (Lipinski definition) is 3. The average molecular weight is 276 g/mol. The van der Waals surface area contributed by atoms with Crippen LogP contribution in [0.5, 0.6) is 0 Å². The normalized spacial score (nSPS) is 10.7. The largest absolute Gasteiger partial charge is 0.330 e. The van der Waals surface area contributed by atoms with Gasteiger partial charge in [0, 0.05) is 28.9 Å². The van der Waals surface area contributed by atoms with Gasteiger partial charge in [-0.3, -0.25) is 9.78 Å². The summed E-state index contributed by atoms with van der Waals surface area (Å²) >= 11 is 0. The van der Waals surface area contributed by atoms with Crippen LogP contribution in [0.1, 0.15) is 21.5 Å². The highest BCUT2D eigenvalue weighted by molar-refractivity contribution is 6.16. The minimum atomic E-state index is 0.0212. The van der Waals surface area contributed by atoms with Gasteiger partial charge in [0.05, 0.1) is 0 Å². The maximum absolute atomic E-state index is 12.7. The molecule has 0 aliphatic heterocycles. The van der Waals surface area contributed by atoms with Gasteiger partial charge in [0.15, 0.2) is 5.78 Å². The topological polar surface area (TPSA) is 56.0 Å². The Morgan fingerprint density at radius 3 is 2.62 bits per heavy atom. The summed E-state index contributed by atoms with van der Waals surface area (Å²) in [7, 11) is 0. The number of hydrogen-bond donors (Lipinski definition) is 1. The molecule has 21 heavy (non-hydrogen) atoms. The van der Waals surface area contributed by atoms with Crippen LogP contribution in [0.15, 0.2) is 60.9 Å². The summed E-state index contributed by atoms with van der Waals surface area (Å²) in [4.78, 5) is 16.8. The van der Waals surface area contributed by atoms with E-state index in [0.29, 0.717) is 17.7 Å². The molecule has 0 spiro atoms. The fraction of sp³-hybridized carbons (Fsp3) is 0.111. The summed E-state index contributed by atoms with van der Waals surface area (Å²) in [5.41, 5.74) is 8.06. The Kier molecular flexibility index (Phi) is 3.75. The summed E-state index contributed by atoms with van der Waals surface area (Å²) < 4.78 is 0. The van der Waals surface area contributed by atoms with Gasteiger partial charge in [0.1, 0.15) is 0 Å². The zero-order valence-corrected chi connectivity index (χ0v) is 11.6. The predicted octanol–water partition coefficient (Wildman–Crippen LogP) is 2.97. The lowest BCUT2D eigenvalue weighted by Crippen LogP contribution is -2.05. The Labute approximate surface area is 123 Å². The number of aromatic nitrogens is 1. The number of nitrogens with zero attached hydrogens (tertiary/aromatic N) is 1. The highest BCUT2D eigenvalue weighted by Crippen LogP contribution is 2.20. The van der Waals surface area contributed by atoms with Crippen molar-refractivity contribution >= 4 is 16.6 Å². The fourth-order valence-corrected chi connectivity index (χ4v) is 2.46. The van der Waals surface area contributed by atoms with Crippen molar-refractivity contribution in [1.29, 1.82) is 0 Å². The maximum atomic E-state index is 12.7. The molecule has 2 aromatic carbocycles. The standard InChI is InChI=1S/C18H16N2O/c19-10-8-13-4-6-15(7-5-13)18(21)16-3-1-2-14-9-11-20-12-17(14)16/h1-7,9,11-12H,8,10,19H2. The zero-order chi connectivity index (χ0) is 14.7. The highest BCUT2D eigenvalue weighted by Gasteiger charge is 2.12. The second-order valence-corrected chi connectivity index (χ2v) is 4.97. The first kappa shape index (κ1) is 13.5. The molecule has 0 fully saturated rings. The van der Waals surface area contributed by atoms with Crippen LogP contribution >= 0.6 is 0 Å². The zero-order valence-electron chi connectivity index (χ0n) is 11.6. The molecule has 104 valence electrons. The molecule has 3 heteroatoms. The monoisotopic (exact) mass is 276 g/mol. The number of benzene rings is 2. The van der Waals surface area contributed by atoms with Crippen molar-refractivity contribution in [3.8, 4) is 0 Å². The summed E-state index contributed by atoms with van der Waals surface area (Å²) in [6, 6.07) is 15.3. The van der Waals surface area contributed by atoms with E-state index in [0.717, 1.165) is 22.8 Å². The van der Waals surface area contributed by atoms with Crippen LogP contribution in [0.25, 0.3) is 10.8 Å². The Balaban J connectivity index is 2.00. The molecular weight excluding hydrogens is 260 g/mol. The van der Waals surface area contributed by atoms with Gasteiger partial charge in [-0.2, -0.15) is 0 Å². The van der Waals surface area contributed by atoms with Crippen LogP contribution in [0.3, 0.4) is 0 Å². The van der Waals surface area contributed by atoms with Crippen LogP contribution in [0.2, 0.25) is 0 Å². The van der Waals surface area contributed by atoms with E-state index in [1.807, 2.05) is 48.5 Å². The number of carbonyl (C=O) groups is 1. The molecule has 0 amide bonds. The first-order valence-electron chi connectivity index (χ1n) is 6.96. The van der Waals surface area contributed by atoms with E-state index in [4.69, 9.17) is 5.73 Å². The second-order valence-electron chi connectivity index (χ2n) is 4.97. The number of fused-ring (bicyclic) bond motifs is 1. The Morgan fingerprint density at radius 2 is 1.86 bits per heavy atom. The molecule has 0 atom stereocenters. The third-order valence-corrected chi connectivity index (χ3v) is 3.58. The molecule has 3 rings (SSSR count). The van der Waals surface area contributed by atoms with Crippen molar-refractivity contribution in [2.24, 2.45) is 5.73 Å². The van der Waals surface area contributed by atoms with Crippen LogP contribution in [0, 0.1) is 0 Å². The molecule has 0 aliphatic carbocycles. The SMILES string of the molecule is NCCc1ccc(C(=O)c2cccc3ccncc23)cc1. The summed E-state index contributed by atoms with van der Waals surface area (Å²) in [6.07, 6.45) is 4.30. The van der Waals surface area contributed by atoms with Gasteiger partial charge in [-0.25, -0.2) is 0 Å². The van der Waals surface area contributed by atoms with E-state index in [2.05, 4.69) is 4.98 Å². The third kappa shape index (κ3) is 2.69. The lowest BCUT2D eigenvalue weighted by molar-refractivity contribution is 0.104. The Hall–Kier alpha value is -2.52. The van der Waals surface area contributed by atoms with Crippen molar-refractivity contribution in [2.75, 3.05) is 6.54 Å². The minimum Gasteiger partial charge on any atom is -0.330 e. The van der Waals surface area contributed by atoms with Crippen LogP contribution in [-0.2, 0) is 6.42 Å². The fourth-order valence-electron chi connectivity index (χ4n) is 2.46. The number of ketones is 1. The third-order valence-electron chi connectivity index (χ3n) is 3.58. The van der Waals surface area contributed by atoms with Crippen molar-refractivity contribution in [2.45, 2.75) is 6.42 Å². The molecule has 0 saturated heterocycles. The van der Waals surface area contributed by atoms with Crippen molar-refractivity contribution in [1.82, 2.24) is 4.98 Å².